The van der Waals surface area contributed by atoms with Crippen molar-refractivity contribution in [1.82, 2.24) is 4.90 Å². The van der Waals surface area contributed by atoms with E-state index in [4.69, 9.17) is 16.9 Å². The van der Waals surface area contributed by atoms with Crippen LogP contribution >= 0.6 is 11.6 Å². The molecule has 0 heterocycles. The molecular weight excluding hydrogens is 236 g/mol. The number of halogens is 1. The van der Waals surface area contributed by atoms with Gasteiger partial charge in [-0.25, -0.2) is 0 Å². The van der Waals surface area contributed by atoms with E-state index in [1.165, 1.54) is 4.90 Å². The van der Waals surface area contributed by atoms with Crippen LogP contribution in [0.3, 0.4) is 0 Å². The lowest BCUT2D eigenvalue weighted by atomic mass is 10.1. The molecule has 90 valence electrons. The number of nitrogens with zero attached hydrogens (tertiary/aromatic N) is 2. The van der Waals surface area contributed by atoms with Gasteiger partial charge < -0.3 is 4.90 Å². The largest absolute Gasteiger partial charge is 0.323 e. The summed E-state index contributed by atoms with van der Waals surface area (Å²) < 4.78 is 0. The minimum atomic E-state index is -0.129. The monoisotopic (exact) mass is 250 g/mol. The smallest absolute Gasteiger partial charge is 0.255 e. The fourth-order valence-electron chi connectivity index (χ4n) is 1.59. The van der Waals surface area contributed by atoms with E-state index in [0.29, 0.717) is 10.6 Å². The summed E-state index contributed by atoms with van der Waals surface area (Å²) in [4.78, 5) is 13.8. The van der Waals surface area contributed by atoms with Gasteiger partial charge in [-0.1, -0.05) is 11.6 Å². The highest BCUT2D eigenvalue weighted by atomic mass is 35.5. The SMILES string of the molecule is Cc1cc(Cl)ccc1C(=O)N(CC#N)C(C)C. The maximum Gasteiger partial charge on any atom is 0.255 e. The lowest BCUT2D eigenvalue weighted by Crippen LogP contribution is -2.37. The van der Waals surface area contributed by atoms with Gasteiger partial charge in [0, 0.05) is 16.6 Å². The fourth-order valence-corrected chi connectivity index (χ4v) is 1.81. The summed E-state index contributed by atoms with van der Waals surface area (Å²) in [6, 6.07) is 7.15. The zero-order chi connectivity index (χ0) is 13.0. The van der Waals surface area contributed by atoms with Crippen molar-refractivity contribution in [3.05, 3.63) is 34.3 Å². The molecule has 1 amide bonds. The molecule has 1 aromatic carbocycles. The van der Waals surface area contributed by atoms with Crippen LogP contribution in [-0.4, -0.2) is 23.4 Å². The van der Waals surface area contributed by atoms with Gasteiger partial charge in [0.25, 0.3) is 5.91 Å². The van der Waals surface area contributed by atoms with Gasteiger partial charge in [-0.05, 0) is 44.5 Å². The predicted molar refractivity (Wildman–Crippen MR) is 68.0 cm³/mol. The normalized spacial score (nSPS) is 10.1. The molecule has 0 spiro atoms. The van der Waals surface area contributed by atoms with E-state index < -0.39 is 0 Å². The van der Waals surface area contributed by atoms with E-state index >= 15 is 0 Å². The lowest BCUT2D eigenvalue weighted by Gasteiger charge is -2.24. The third-order valence-corrected chi connectivity index (χ3v) is 2.78. The molecule has 0 saturated carbocycles. The van der Waals surface area contributed by atoms with Crippen LogP contribution in [0.1, 0.15) is 29.8 Å². The Balaban J connectivity index is 3.06. The summed E-state index contributed by atoms with van der Waals surface area (Å²) >= 11 is 5.85. The zero-order valence-electron chi connectivity index (χ0n) is 10.2. The maximum absolute atomic E-state index is 12.2. The van der Waals surface area contributed by atoms with Crippen molar-refractivity contribution >= 4 is 17.5 Å². The number of carbonyl (C=O) groups excluding carboxylic acids is 1. The number of hydrogen-bond acceptors (Lipinski definition) is 2. The van der Waals surface area contributed by atoms with Gasteiger partial charge in [0.15, 0.2) is 0 Å². The Labute approximate surface area is 107 Å². The average Bonchev–Trinajstić information content (AvgIpc) is 2.24. The highest BCUT2D eigenvalue weighted by Gasteiger charge is 2.19. The summed E-state index contributed by atoms with van der Waals surface area (Å²) in [6.07, 6.45) is 0. The summed E-state index contributed by atoms with van der Waals surface area (Å²) in [5, 5.41) is 9.34. The van der Waals surface area contributed by atoms with E-state index in [-0.39, 0.29) is 18.5 Å². The Morgan fingerprint density at radius 1 is 1.53 bits per heavy atom. The molecule has 0 aliphatic rings. The molecular formula is C13H15ClN2O. The van der Waals surface area contributed by atoms with E-state index in [1.54, 1.807) is 18.2 Å². The third kappa shape index (κ3) is 3.21. The molecule has 0 bridgehead atoms. The van der Waals surface area contributed by atoms with Crippen molar-refractivity contribution < 1.29 is 4.79 Å². The van der Waals surface area contributed by atoms with Crippen LogP contribution < -0.4 is 0 Å². The summed E-state index contributed by atoms with van der Waals surface area (Å²) in [6.45, 7) is 5.71. The fraction of sp³-hybridized carbons (Fsp3) is 0.385. The van der Waals surface area contributed by atoms with Gasteiger partial charge in [0.1, 0.15) is 6.54 Å². The van der Waals surface area contributed by atoms with Gasteiger partial charge in [-0.3, -0.25) is 4.79 Å². The first-order valence-electron chi connectivity index (χ1n) is 5.41. The third-order valence-electron chi connectivity index (χ3n) is 2.54. The second kappa shape index (κ2) is 5.70. The number of nitriles is 1. The second-order valence-electron chi connectivity index (χ2n) is 4.14. The number of carbonyl (C=O) groups is 1. The summed E-state index contributed by atoms with van der Waals surface area (Å²) in [7, 11) is 0. The molecule has 1 rings (SSSR count). The van der Waals surface area contributed by atoms with Crippen molar-refractivity contribution in [2.24, 2.45) is 0 Å². The zero-order valence-corrected chi connectivity index (χ0v) is 11.0. The molecule has 0 aliphatic heterocycles. The van der Waals surface area contributed by atoms with Crippen LogP contribution in [0, 0.1) is 18.3 Å². The van der Waals surface area contributed by atoms with Gasteiger partial charge in [-0.2, -0.15) is 5.26 Å². The van der Waals surface area contributed by atoms with E-state index in [0.717, 1.165) is 5.56 Å². The van der Waals surface area contributed by atoms with Crippen LogP contribution in [0.4, 0.5) is 0 Å². The molecule has 3 nitrogen and oxygen atoms in total. The summed E-state index contributed by atoms with van der Waals surface area (Å²) in [5.41, 5.74) is 1.42. The number of benzene rings is 1. The van der Waals surface area contributed by atoms with Crippen molar-refractivity contribution in [2.45, 2.75) is 26.8 Å². The highest BCUT2D eigenvalue weighted by molar-refractivity contribution is 6.30. The Kier molecular flexibility index (Phi) is 4.53. The quantitative estimate of drug-likeness (QED) is 0.774. The van der Waals surface area contributed by atoms with Crippen LogP contribution in [0.25, 0.3) is 0 Å². The Morgan fingerprint density at radius 2 is 2.18 bits per heavy atom. The molecule has 0 aromatic heterocycles. The number of amides is 1. The molecule has 4 heteroatoms. The van der Waals surface area contributed by atoms with E-state index in [1.807, 2.05) is 26.8 Å². The molecule has 17 heavy (non-hydrogen) atoms. The van der Waals surface area contributed by atoms with Gasteiger partial charge in [0.2, 0.25) is 0 Å². The van der Waals surface area contributed by atoms with Crippen molar-refractivity contribution in [3.63, 3.8) is 0 Å². The molecule has 0 unspecified atom stereocenters. The lowest BCUT2D eigenvalue weighted by molar-refractivity contribution is 0.0730. The van der Waals surface area contributed by atoms with E-state index in [9.17, 15) is 4.79 Å². The van der Waals surface area contributed by atoms with Gasteiger partial charge in [-0.15, -0.1) is 0 Å². The predicted octanol–water partition coefficient (Wildman–Crippen LogP) is 3.02. The number of rotatable bonds is 3. The van der Waals surface area contributed by atoms with Crippen LogP contribution in [0.5, 0.6) is 0 Å². The molecule has 0 saturated heterocycles. The molecule has 0 fully saturated rings. The first-order valence-corrected chi connectivity index (χ1v) is 5.79. The van der Waals surface area contributed by atoms with E-state index in [2.05, 4.69) is 0 Å². The van der Waals surface area contributed by atoms with Gasteiger partial charge in [0.05, 0.1) is 6.07 Å². The maximum atomic E-state index is 12.2. The average molecular weight is 251 g/mol. The molecule has 1 aromatic rings. The van der Waals surface area contributed by atoms with Crippen LogP contribution in [0.15, 0.2) is 18.2 Å². The highest BCUT2D eigenvalue weighted by Crippen LogP contribution is 2.17. The standard InChI is InChI=1S/C13H15ClN2O/c1-9(2)16(7-6-15)13(17)12-5-4-11(14)8-10(12)3/h4-5,8-9H,7H2,1-3H3. The van der Waals surface area contributed by atoms with Crippen molar-refractivity contribution in [1.29, 1.82) is 5.26 Å². The Morgan fingerprint density at radius 3 is 2.65 bits per heavy atom. The Bertz CT molecular complexity index is 463. The van der Waals surface area contributed by atoms with Crippen molar-refractivity contribution in [2.75, 3.05) is 6.54 Å². The van der Waals surface area contributed by atoms with Crippen molar-refractivity contribution in [3.8, 4) is 6.07 Å². The molecule has 0 atom stereocenters. The van der Waals surface area contributed by atoms with Crippen LogP contribution in [0.2, 0.25) is 5.02 Å². The first kappa shape index (κ1) is 13.5. The topological polar surface area (TPSA) is 44.1 Å². The number of aryl methyl sites for hydroxylation is 1. The minimum absolute atomic E-state index is 0.00257. The minimum Gasteiger partial charge on any atom is -0.323 e. The summed E-state index contributed by atoms with van der Waals surface area (Å²) in [5.74, 6) is -0.129. The Hall–Kier alpha value is -1.53. The molecule has 0 aliphatic carbocycles. The number of hydrogen-bond donors (Lipinski definition) is 0. The van der Waals surface area contributed by atoms with Gasteiger partial charge >= 0.3 is 0 Å². The molecule has 0 radical (unpaired) electrons. The first-order chi connectivity index (χ1) is 7.97. The molecule has 0 N–H and O–H groups in total. The second-order valence-corrected chi connectivity index (χ2v) is 4.58. The van der Waals surface area contributed by atoms with Crippen LogP contribution in [-0.2, 0) is 0 Å².